The second-order valence-electron chi connectivity index (χ2n) is 8.75. The summed E-state index contributed by atoms with van der Waals surface area (Å²) in [4.78, 5) is 27.2. The molecule has 2 aliphatic rings. The maximum Gasteiger partial charge on any atom is 0.255 e. The van der Waals surface area contributed by atoms with E-state index in [1.807, 2.05) is 53.4 Å². The van der Waals surface area contributed by atoms with E-state index < -0.39 is 0 Å². The number of methoxy groups -OCH3 is 1. The molecule has 0 radical (unpaired) electrons. The van der Waals surface area contributed by atoms with Crippen LogP contribution in [0, 0.1) is 5.92 Å². The zero-order chi connectivity index (χ0) is 22.3. The third-order valence-corrected chi connectivity index (χ3v) is 6.15. The van der Waals surface area contributed by atoms with Crippen LogP contribution in [0.2, 0.25) is 0 Å². The lowest BCUT2D eigenvalue weighted by Crippen LogP contribution is -2.41. The predicted octanol–water partition coefficient (Wildman–Crippen LogP) is 3.84. The second kappa shape index (κ2) is 10.5. The SMILES string of the molecule is COc1cccc(CCC(=O)N2CCCC(COc3ccccc3C(=O)NC3CC3)C2)c1. The number of likely N-dealkylation sites (tertiary alicyclic amines) is 1. The molecule has 32 heavy (non-hydrogen) atoms. The summed E-state index contributed by atoms with van der Waals surface area (Å²) in [7, 11) is 1.65. The van der Waals surface area contributed by atoms with Crippen LogP contribution in [0.5, 0.6) is 11.5 Å². The van der Waals surface area contributed by atoms with Crippen LogP contribution < -0.4 is 14.8 Å². The number of carbonyl (C=O) groups is 2. The van der Waals surface area contributed by atoms with Crippen LogP contribution in [0.25, 0.3) is 0 Å². The Morgan fingerprint density at radius 1 is 1.09 bits per heavy atom. The molecular formula is C26H32N2O4. The first-order valence-electron chi connectivity index (χ1n) is 11.6. The molecule has 1 aliphatic carbocycles. The van der Waals surface area contributed by atoms with Crippen molar-refractivity contribution in [3.05, 3.63) is 59.7 Å². The normalized spacial score (nSPS) is 18.2. The number of ether oxygens (including phenoxy) is 2. The van der Waals surface area contributed by atoms with Crippen LogP contribution in [0.3, 0.4) is 0 Å². The van der Waals surface area contributed by atoms with Gasteiger partial charge < -0.3 is 19.7 Å². The minimum atomic E-state index is -0.0684. The van der Waals surface area contributed by atoms with Gasteiger partial charge in [-0.1, -0.05) is 24.3 Å². The number of benzene rings is 2. The van der Waals surface area contributed by atoms with Gasteiger partial charge in [-0.05, 0) is 61.9 Å². The highest BCUT2D eigenvalue weighted by Crippen LogP contribution is 2.25. The average Bonchev–Trinajstić information content (AvgIpc) is 3.65. The van der Waals surface area contributed by atoms with Crippen LogP contribution in [-0.2, 0) is 11.2 Å². The summed E-state index contributed by atoms with van der Waals surface area (Å²) in [5, 5.41) is 3.03. The monoisotopic (exact) mass is 436 g/mol. The summed E-state index contributed by atoms with van der Waals surface area (Å²) in [5.74, 6) is 1.82. The Kier molecular flexibility index (Phi) is 7.30. The highest BCUT2D eigenvalue weighted by atomic mass is 16.5. The summed E-state index contributed by atoms with van der Waals surface area (Å²) >= 11 is 0. The first-order valence-corrected chi connectivity index (χ1v) is 11.6. The van der Waals surface area contributed by atoms with Gasteiger partial charge in [-0.25, -0.2) is 0 Å². The van der Waals surface area contributed by atoms with Crippen molar-refractivity contribution in [3.8, 4) is 11.5 Å². The van der Waals surface area contributed by atoms with E-state index in [1.54, 1.807) is 7.11 Å². The van der Waals surface area contributed by atoms with Crippen molar-refractivity contribution in [2.24, 2.45) is 5.92 Å². The van der Waals surface area contributed by atoms with Gasteiger partial charge >= 0.3 is 0 Å². The van der Waals surface area contributed by atoms with Crippen molar-refractivity contribution in [1.82, 2.24) is 10.2 Å². The third-order valence-electron chi connectivity index (χ3n) is 6.15. The third kappa shape index (κ3) is 6.02. The van der Waals surface area contributed by atoms with Gasteiger partial charge in [0, 0.05) is 31.5 Å². The average molecular weight is 437 g/mol. The van der Waals surface area contributed by atoms with Crippen LogP contribution in [0.4, 0.5) is 0 Å². The molecule has 2 aromatic carbocycles. The molecule has 1 unspecified atom stereocenters. The first-order chi connectivity index (χ1) is 15.6. The lowest BCUT2D eigenvalue weighted by molar-refractivity contribution is -0.133. The summed E-state index contributed by atoms with van der Waals surface area (Å²) in [6.45, 7) is 2.01. The van der Waals surface area contributed by atoms with Crippen molar-refractivity contribution in [2.75, 3.05) is 26.8 Å². The Morgan fingerprint density at radius 2 is 1.94 bits per heavy atom. The summed E-state index contributed by atoms with van der Waals surface area (Å²) in [6.07, 6.45) is 5.30. The molecule has 2 amide bonds. The number of nitrogens with zero attached hydrogens (tertiary/aromatic N) is 1. The summed E-state index contributed by atoms with van der Waals surface area (Å²) < 4.78 is 11.3. The summed E-state index contributed by atoms with van der Waals surface area (Å²) in [6, 6.07) is 15.6. The van der Waals surface area contributed by atoms with E-state index in [2.05, 4.69) is 5.32 Å². The molecule has 0 aromatic heterocycles. The molecule has 2 aromatic rings. The lowest BCUT2D eigenvalue weighted by Gasteiger charge is -2.33. The topological polar surface area (TPSA) is 67.9 Å². The number of para-hydroxylation sites is 1. The Morgan fingerprint density at radius 3 is 2.75 bits per heavy atom. The van der Waals surface area contributed by atoms with Crippen molar-refractivity contribution >= 4 is 11.8 Å². The molecule has 2 fully saturated rings. The number of carbonyl (C=O) groups excluding carboxylic acids is 2. The maximum atomic E-state index is 12.8. The molecule has 4 rings (SSSR count). The highest BCUT2D eigenvalue weighted by Gasteiger charge is 2.26. The largest absolute Gasteiger partial charge is 0.497 e. The molecule has 1 aliphatic heterocycles. The highest BCUT2D eigenvalue weighted by molar-refractivity contribution is 5.97. The van der Waals surface area contributed by atoms with E-state index in [0.29, 0.717) is 43.3 Å². The maximum absolute atomic E-state index is 12.8. The van der Waals surface area contributed by atoms with E-state index in [9.17, 15) is 9.59 Å². The van der Waals surface area contributed by atoms with Gasteiger partial charge in [0.1, 0.15) is 11.5 Å². The molecule has 0 spiro atoms. The minimum Gasteiger partial charge on any atom is -0.497 e. The Balaban J connectivity index is 1.28. The Hall–Kier alpha value is -3.02. The smallest absolute Gasteiger partial charge is 0.255 e. The van der Waals surface area contributed by atoms with Gasteiger partial charge in [-0.3, -0.25) is 9.59 Å². The van der Waals surface area contributed by atoms with E-state index in [4.69, 9.17) is 9.47 Å². The van der Waals surface area contributed by atoms with Crippen LogP contribution in [0.15, 0.2) is 48.5 Å². The quantitative estimate of drug-likeness (QED) is 0.649. The van der Waals surface area contributed by atoms with Gasteiger partial charge in [-0.2, -0.15) is 0 Å². The first kappa shape index (κ1) is 22.2. The van der Waals surface area contributed by atoms with E-state index in [1.165, 1.54) is 0 Å². The molecule has 0 bridgehead atoms. The molecule has 170 valence electrons. The molecule has 1 atom stereocenters. The van der Waals surface area contributed by atoms with Gasteiger partial charge in [0.05, 0.1) is 19.3 Å². The molecule has 1 N–H and O–H groups in total. The molecule has 6 nitrogen and oxygen atoms in total. The van der Waals surface area contributed by atoms with E-state index in [0.717, 1.165) is 43.5 Å². The summed E-state index contributed by atoms with van der Waals surface area (Å²) in [5.41, 5.74) is 1.69. The standard InChI is InChI=1S/C26H32N2O4/c1-31-22-8-4-6-19(16-22)11-14-25(29)28-15-5-7-20(17-28)18-32-24-10-3-2-9-23(24)26(30)27-21-12-13-21/h2-4,6,8-10,16,20-21H,5,7,11-15,17-18H2,1H3,(H,27,30). The number of aryl methyl sites for hydroxylation is 1. The van der Waals surface area contributed by atoms with Crippen molar-refractivity contribution in [2.45, 2.75) is 44.6 Å². The molecule has 6 heteroatoms. The minimum absolute atomic E-state index is 0.0684. The zero-order valence-electron chi connectivity index (χ0n) is 18.7. The van der Waals surface area contributed by atoms with Crippen LogP contribution in [0.1, 0.15) is 48.0 Å². The fourth-order valence-corrected chi connectivity index (χ4v) is 4.14. The van der Waals surface area contributed by atoms with Crippen molar-refractivity contribution < 1.29 is 19.1 Å². The number of piperidine rings is 1. The van der Waals surface area contributed by atoms with Gasteiger partial charge in [0.15, 0.2) is 0 Å². The fraction of sp³-hybridized carbons (Fsp3) is 0.462. The van der Waals surface area contributed by atoms with Gasteiger partial charge in [0.2, 0.25) is 5.91 Å². The molecular weight excluding hydrogens is 404 g/mol. The number of amides is 2. The fourth-order valence-electron chi connectivity index (χ4n) is 4.14. The number of nitrogens with one attached hydrogen (secondary N) is 1. The molecule has 1 saturated heterocycles. The van der Waals surface area contributed by atoms with Crippen molar-refractivity contribution in [1.29, 1.82) is 0 Å². The van der Waals surface area contributed by atoms with Crippen molar-refractivity contribution in [3.63, 3.8) is 0 Å². The van der Waals surface area contributed by atoms with Gasteiger partial charge in [-0.15, -0.1) is 0 Å². The zero-order valence-corrected chi connectivity index (χ0v) is 18.7. The number of hydrogen-bond acceptors (Lipinski definition) is 4. The molecule has 1 heterocycles. The lowest BCUT2D eigenvalue weighted by atomic mass is 9.98. The van der Waals surface area contributed by atoms with Gasteiger partial charge in [0.25, 0.3) is 5.91 Å². The second-order valence-corrected chi connectivity index (χ2v) is 8.75. The Bertz CT molecular complexity index is 941. The van der Waals surface area contributed by atoms with E-state index in [-0.39, 0.29) is 17.7 Å². The molecule has 1 saturated carbocycles. The van der Waals surface area contributed by atoms with E-state index >= 15 is 0 Å². The van der Waals surface area contributed by atoms with Crippen LogP contribution >= 0.6 is 0 Å². The number of rotatable bonds is 9. The predicted molar refractivity (Wildman–Crippen MR) is 123 cm³/mol. The Labute approximate surface area is 189 Å². The van der Waals surface area contributed by atoms with Crippen LogP contribution in [-0.4, -0.2) is 49.6 Å². The number of hydrogen-bond donors (Lipinski definition) is 1.